The normalized spacial score (nSPS) is 15.5. The Morgan fingerprint density at radius 2 is 1.56 bits per heavy atom. The van der Waals surface area contributed by atoms with Gasteiger partial charge < -0.3 is 15.1 Å². The average Bonchev–Trinajstić information content (AvgIpc) is 3.23. The first-order chi connectivity index (χ1) is 15.6. The van der Waals surface area contributed by atoms with Crippen molar-refractivity contribution in [3.8, 4) is 0 Å². The Hall–Kier alpha value is -3.93. The number of nitrogens with one attached hydrogen (secondary N) is 1. The molecule has 1 fully saturated rings. The fraction of sp³-hybridized carbons (Fsp3) is 0.192. The van der Waals surface area contributed by atoms with Crippen LogP contribution in [0.1, 0.15) is 23.7 Å². The fourth-order valence-electron chi connectivity index (χ4n) is 3.89. The average molecular weight is 428 g/mol. The van der Waals surface area contributed by atoms with Gasteiger partial charge in [0.15, 0.2) is 0 Å². The van der Waals surface area contributed by atoms with Gasteiger partial charge >= 0.3 is 0 Å². The summed E-state index contributed by atoms with van der Waals surface area (Å²) in [5.74, 6) is -0.776. The smallest absolute Gasteiger partial charge is 0.258 e. The molecule has 1 saturated heterocycles. The van der Waals surface area contributed by atoms with Gasteiger partial charge in [-0.2, -0.15) is 0 Å². The van der Waals surface area contributed by atoms with Gasteiger partial charge in [-0.25, -0.2) is 0 Å². The van der Waals surface area contributed by atoms with Crippen molar-refractivity contribution >= 4 is 34.8 Å². The van der Waals surface area contributed by atoms with E-state index in [9.17, 15) is 14.4 Å². The summed E-state index contributed by atoms with van der Waals surface area (Å²) in [5, 5.41) is 2.87. The molecule has 3 aromatic rings. The van der Waals surface area contributed by atoms with E-state index in [1.807, 2.05) is 67.6 Å². The van der Waals surface area contributed by atoms with E-state index >= 15 is 0 Å². The minimum atomic E-state index is -0.419. The summed E-state index contributed by atoms with van der Waals surface area (Å²) in [6.07, 6.45) is 0.180. The predicted molar refractivity (Wildman–Crippen MR) is 126 cm³/mol. The van der Waals surface area contributed by atoms with Crippen LogP contribution in [0.5, 0.6) is 0 Å². The molecular formula is C26H25N3O3. The van der Waals surface area contributed by atoms with E-state index in [1.165, 1.54) is 0 Å². The van der Waals surface area contributed by atoms with Crippen molar-refractivity contribution in [2.75, 3.05) is 28.2 Å². The first-order valence-corrected chi connectivity index (χ1v) is 10.7. The lowest BCUT2D eigenvalue weighted by Gasteiger charge is -2.21. The highest BCUT2D eigenvalue weighted by Gasteiger charge is 2.35. The fourth-order valence-corrected chi connectivity index (χ4v) is 3.89. The standard InChI is InChI=1S/C26H25N3O3/c1-2-28(22-9-5-3-6-10-22)26(32)19-13-15-21(16-14-19)27-25(31)20-17-24(30)29(18-20)23-11-7-4-8-12-23/h3-16,20H,2,17-18H2,1H3,(H,27,31). The van der Waals surface area contributed by atoms with Crippen LogP contribution in [0.2, 0.25) is 0 Å². The molecule has 0 bridgehead atoms. The summed E-state index contributed by atoms with van der Waals surface area (Å²) in [5.41, 5.74) is 2.78. The molecule has 4 rings (SSSR count). The lowest BCUT2D eigenvalue weighted by atomic mass is 10.1. The van der Waals surface area contributed by atoms with E-state index in [4.69, 9.17) is 0 Å². The molecule has 3 amide bonds. The number of benzene rings is 3. The molecule has 3 aromatic carbocycles. The highest BCUT2D eigenvalue weighted by molar-refractivity contribution is 6.07. The topological polar surface area (TPSA) is 69.7 Å². The van der Waals surface area contributed by atoms with E-state index < -0.39 is 5.92 Å². The maximum atomic E-state index is 12.9. The Morgan fingerprint density at radius 3 is 2.19 bits per heavy atom. The predicted octanol–water partition coefficient (Wildman–Crippen LogP) is 4.34. The SMILES string of the molecule is CCN(C(=O)c1ccc(NC(=O)C2CC(=O)N(c3ccccc3)C2)cc1)c1ccccc1. The number of para-hydroxylation sites is 2. The second-order valence-corrected chi connectivity index (χ2v) is 7.69. The molecule has 0 spiro atoms. The molecule has 6 heteroatoms. The maximum Gasteiger partial charge on any atom is 0.258 e. The monoisotopic (exact) mass is 427 g/mol. The Bertz CT molecular complexity index is 1100. The minimum Gasteiger partial charge on any atom is -0.326 e. The molecule has 162 valence electrons. The zero-order chi connectivity index (χ0) is 22.5. The van der Waals surface area contributed by atoms with Gasteiger partial charge in [0.25, 0.3) is 5.91 Å². The Kier molecular flexibility index (Phi) is 6.31. The number of rotatable bonds is 6. The van der Waals surface area contributed by atoms with Crippen LogP contribution >= 0.6 is 0 Å². The van der Waals surface area contributed by atoms with Crippen LogP contribution in [0.25, 0.3) is 0 Å². The maximum absolute atomic E-state index is 12.9. The van der Waals surface area contributed by atoms with Crippen molar-refractivity contribution in [1.29, 1.82) is 0 Å². The number of hydrogen-bond donors (Lipinski definition) is 1. The number of carbonyl (C=O) groups excluding carboxylic acids is 3. The molecule has 0 aromatic heterocycles. The molecule has 0 aliphatic carbocycles. The van der Waals surface area contributed by atoms with Crippen LogP contribution in [-0.4, -0.2) is 30.8 Å². The number of hydrogen-bond acceptors (Lipinski definition) is 3. The zero-order valence-corrected chi connectivity index (χ0v) is 17.9. The lowest BCUT2D eigenvalue weighted by Crippen LogP contribution is -2.30. The summed E-state index contributed by atoms with van der Waals surface area (Å²) in [6, 6.07) is 25.7. The van der Waals surface area contributed by atoms with Gasteiger partial charge in [-0.1, -0.05) is 36.4 Å². The van der Waals surface area contributed by atoms with Crippen LogP contribution in [0, 0.1) is 5.92 Å². The van der Waals surface area contributed by atoms with Crippen LogP contribution in [0.15, 0.2) is 84.9 Å². The Labute approximate surface area is 187 Å². The minimum absolute atomic E-state index is 0.0575. The van der Waals surface area contributed by atoms with Gasteiger partial charge in [-0.05, 0) is 55.5 Å². The Balaban J connectivity index is 1.40. The van der Waals surface area contributed by atoms with E-state index in [2.05, 4.69) is 5.32 Å². The Morgan fingerprint density at radius 1 is 0.938 bits per heavy atom. The molecule has 1 unspecified atom stereocenters. The first-order valence-electron chi connectivity index (χ1n) is 10.7. The molecule has 1 aliphatic heterocycles. The molecule has 1 aliphatic rings. The summed E-state index contributed by atoms with van der Waals surface area (Å²) in [6.45, 7) is 2.84. The van der Waals surface area contributed by atoms with Crippen LogP contribution in [0.3, 0.4) is 0 Å². The second-order valence-electron chi connectivity index (χ2n) is 7.69. The molecule has 1 heterocycles. The zero-order valence-electron chi connectivity index (χ0n) is 17.9. The molecule has 0 saturated carbocycles. The lowest BCUT2D eigenvalue weighted by molar-refractivity contribution is -0.122. The molecule has 0 radical (unpaired) electrons. The van der Waals surface area contributed by atoms with Crippen molar-refractivity contribution in [3.63, 3.8) is 0 Å². The van der Waals surface area contributed by atoms with Gasteiger partial charge in [-0.15, -0.1) is 0 Å². The van der Waals surface area contributed by atoms with Crippen molar-refractivity contribution in [3.05, 3.63) is 90.5 Å². The van der Waals surface area contributed by atoms with E-state index in [0.717, 1.165) is 11.4 Å². The molecular weight excluding hydrogens is 402 g/mol. The highest BCUT2D eigenvalue weighted by atomic mass is 16.2. The van der Waals surface area contributed by atoms with Gasteiger partial charge in [0.05, 0.1) is 5.92 Å². The summed E-state index contributed by atoms with van der Waals surface area (Å²) < 4.78 is 0. The quantitative estimate of drug-likeness (QED) is 0.636. The van der Waals surface area contributed by atoms with Crippen LogP contribution in [0.4, 0.5) is 17.1 Å². The van der Waals surface area contributed by atoms with Crippen molar-refractivity contribution < 1.29 is 14.4 Å². The third-order valence-corrected chi connectivity index (χ3v) is 5.59. The van der Waals surface area contributed by atoms with E-state index in [-0.39, 0.29) is 24.1 Å². The van der Waals surface area contributed by atoms with Crippen molar-refractivity contribution in [1.82, 2.24) is 0 Å². The van der Waals surface area contributed by atoms with Crippen molar-refractivity contribution in [2.45, 2.75) is 13.3 Å². The van der Waals surface area contributed by atoms with Gasteiger partial charge in [0.2, 0.25) is 11.8 Å². The van der Waals surface area contributed by atoms with Crippen molar-refractivity contribution in [2.24, 2.45) is 5.92 Å². The highest BCUT2D eigenvalue weighted by Crippen LogP contribution is 2.26. The summed E-state index contributed by atoms with van der Waals surface area (Å²) in [7, 11) is 0. The summed E-state index contributed by atoms with van der Waals surface area (Å²) >= 11 is 0. The number of nitrogens with zero attached hydrogens (tertiary/aromatic N) is 2. The van der Waals surface area contributed by atoms with Gasteiger partial charge in [0, 0.05) is 42.1 Å². The first kappa shape index (κ1) is 21.3. The van der Waals surface area contributed by atoms with E-state index in [1.54, 1.807) is 34.1 Å². The largest absolute Gasteiger partial charge is 0.326 e. The van der Waals surface area contributed by atoms with E-state index in [0.29, 0.717) is 24.3 Å². The molecule has 1 N–H and O–H groups in total. The summed E-state index contributed by atoms with van der Waals surface area (Å²) in [4.78, 5) is 41.4. The van der Waals surface area contributed by atoms with Gasteiger partial charge in [-0.3, -0.25) is 14.4 Å². The second kappa shape index (κ2) is 9.47. The molecule has 32 heavy (non-hydrogen) atoms. The van der Waals surface area contributed by atoms with Gasteiger partial charge in [0.1, 0.15) is 0 Å². The third-order valence-electron chi connectivity index (χ3n) is 5.59. The number of amides is 3. The van der Waals surface area contributed by atoms with Crippen LogP contribution in [-0.2, 0) is 9.59 Å². The molecule has 6 nitrogen and oxygen atoms in total. The van der Waals surface area contributed by atoms with Crippen LogP contribution < -0.4 is 15.1 Å². The number of anilines is 3. The number of carbonyl (C=O) groups is 3. The third kappa shape index (κ3) is 4.54. The molecule has 1 atom stereocenters.